The molecule has 4 aromatic carbocycles. The van der Waals surface area contributed by atoms with Crippen LogP contribution in [0, 0.1) is 11.3 Å². The summed E-state index contributed by atoms with van der Waals surface area (Å²) in [5.74, 6) is 0.259. The van der Waals surface area contributed by atoms with Crippen molar-refractivity contribution in [2.24, 2.45) is 0 Å². The van der Waals surface area contributed by atoms with Crippen LogP contribution in [0.4, 0.5) is 0 Å². The van der Waals surface area contributed by atoms with Crippen molar-refractivity contribution in [1.82, 2.24) is 0 Å². The quantitative estimate of drug-likeness (QED) is 0.0931. The van der Waals surface area contributed by atoms with Gasteiger partial charge >= 0.3 is 5.97 Å². The maximum atomic E-state index is 13.0. The van der Waals surface area contributed by atoms with Crippen LogP contribution in [-0.2, 0) is 43.5 Å². The number of nitriles is 1. The zero-order valence-corrected chi connectivity index (χ0v) is 26.5. The lowest BCUT2D eigenvalue weighted by Gasteiger charge is -2.46. The molecule has 1 fully saturated rings. The minimum Gasteiger partial charge on any atom is -0.459 e. The SMILES string of the molecule is N#CCCCS[C@@H]1O[C@H](COC(=O)c2ccccc2)[C@@H](OCc2ccccc2)[C@H](OCc2ccccc2)[C@H]1OCc1ccccc1. The van der Waals surface area contributed by atoms with Crippen molar-refractivity contribution in [2.75, 3.05) is 12.4 Å². The third-order valence-electron chi connectivity index (χ3n) is 7.55. The fraction of sp³-hybridized carbons (Fsp3) is 0.316. The lowest BCUT2D eigenvalue weighted by Crippen LogP contribution is -2.60. The van der Waals surface area contributed by atoms with Crippen LogP contribution >= 0.6 is 11.8 Å². The second-order valence-corrected chi connectivity index (χ2v) is 12.1. The molecule has 1 aliphatic heterocycles. The molecule has 1 heterocycles. The Morgan fingerprint density at radius 2 is 1.15 bits per heavy atom. The van der Waals surface area contributed by atoms with Gasteiger partial charge in [-0.2, -0.15) is 5.26 Å². The first-order valence-electron chi connectivity index (χ1n) is 15.5. The molecule has 5 rings (SSSR count). The van der Waals surface area contributed by atoms with E-state index in [4.69, 9.17) is 28.9 Å². The van der Waals surface area contributed by atoms with E-state index in [-0.39, 0.29) is 6.61 Å². The molecule has 4 aromatic rings. The van der Waals surface area contributed by atoms with Crippen LogP contribution in [-0.4, -0.2) is 48.2 Å². The standard InChI is InChI=1S/C38H39NO6S/c39-23-13-14-24-46-38-36(43-27-31-19-9-3-10-20-31)35(42-26-30-17-7-2-8-18-30)34(41-25-29-15-5-1-6-16-29)33(45-38)28-44-37(40)32-21-11-4-12-22-32/h1-12,15-22,33-36,38H,13-14,24-28H2/t33-,34-,35+,36-,38+/m1/s1. The molecule has 238 valence electrons. The summed E-state index contributed by atoms with van der Waals surface area (Å²) in [6.45, 7) is 0.978. The van der Waals surface area contributed by atoms with Gasteiger partial charge < -0.3 is 23.7 Å². The molecule has 0 spiro atoms. The van der Waals surface area contributed by atoms with Gasteiger partial charge in [-0.25, -0.2) is 4.79 Å². The van der Waals surface area contributed by atoms with E-state index in [9.17, 15) is 4.79 Å². The Hall–Kier alpha value is -3.97. The topological polar surface area (TPSA) is 87.0 Å². The van der Waals surface area contributed by atoms with Gasteiger partial charge in [-0.05, 0) is 41.0 Å². The molecule has 46 heavy (non-hydrogen) atoms. The Morgan fingerprint density at radius 3 is 1.67 bits per heavy atom. The Labute approximate surface area is 275 Å². The highest BCUT2D eigenvalue weighted by atomic mass is 32.2. The number of nitrogens with zero attached hydrogens (tertiary/aromatic N) is 1. The molecular formula is C38H39NO6S. The lowest BCUT2D eigenvalue weighted by molar-refractivity contribution is -0.251. The minimum absolute atomic E-state index is 0.0287. The first-order chi connectivity index (χ1) is 22.7. The van der Waals surface area contributed by atoms with E-state index < -0.39 is 35.8 Å². The number of carbonyl (C=O) groups is 1. The molecule has 0 aromatic heterocycles. The van der Waals surface area contributed by atoms with Crippen molar-refractivity contribution in [2.45, 2.75) is 62.5 Å². The van der Waals surface area contributed by atoms with E-state index in [0.29, 0.717) is 44.0 Å². The van der Waals surface area contributed by atoms with E-state index in [2.05, 4.69) is 6.07 Å². The molecule has 8 heteroatoms. The summed E-state index contributed by atoms with van der Waals surface area (Å²) >= 11 is 1.58. The number of benzene rings is 4. The average Bonchev–Trinajstić information content (AvgIpc) is 3.12. The van der Waals surface area contributed by atoms with Crippen molar-refractivity contribution < 1.29 is 28.5 Å². The van der Waals surface area contributed by atoms with Crippen molar-refractivity contribution in [1.29, 1.82) is 5.26 Å². The van der Waals surface area contributed by atoms with Crippen LogP contribution < -0.4 is 0 Å². The third-order valence-corrected chi connectivity index (χ3v) is 8.78. The Morgan fingerprint density at radius 1 is 0.674 bits per heavy atom. The van der Waals surface area contributed by atoms with Crippen molar-refractivity contribution in [3.8, 4) is 6.07 Å². The normalized spacial score (nSPS) is 20.9. The summed E-state index contributed by atoms with van der Waals surface area (Å²) in [6, 6.07) is 41.0. The highest BCUT2D eigenvalue weighted by molar-refractivity contribution is 7.99. The van der Waals surface area contributed by atoms with Gasteiger partial charge in [0.25, 0.3) is 0 Å². The summed E-state index contributed by atoms with van der Waals surface area (Å²) in [5.41, 5.74) is 3.05. The minimum atomic E-state index is -0.637. The molecule has 7 nitrogen and oxygen atoms in total. The average molecular weight is 638 g/mol. The largest absolute Gasteiger partial charge is 0.459 e. The zero-order chi connectivity index (χ0) is 31.8. The molecule has 0 radical (unpaired) electrons. The molecule has 5 atom stereocenters. The third kappa shape index (κ3) is 10.0. The monoisotopic (exact) mass is 637 g/mol. The molecule has 0 N–H and O–H groups in total. The van der Waals surface area contributed by atoms with Gasteiger partial charge in [0.2, 0.25) is 0 Å². The van der Waals surface area contributed by atoms with Gasteiger partial charge in [0, 0.05) is 6.42 Å². The number of unbranched alkanes of at least 4 members (excludes halogenated alkanes) is 1. The Balaban J connectivity index is 1.44. The van der Waals surface area contributed by atoms with Crippen molar-refractivity contribution in [3.05, 3.63) is 144 Å². The van der Waals surface area contributed by atoms with E-state index in [1.54, 1.807) is 36.0 Å². The maximum absolute atomic E-state index is 13.0. The summed E-state index contributed by atoms with van der Waals surface area (Å²) in [6.07, 6.45) is -1.17. The Bertz CT molecular complexity index is 1490. The van der Waals surface area contributed by atoms with Gasteiger partial charge in [-0.15, -0.1) is 11.8 Å². The van der Waals surface area contributed by atoms with E-state index in [1.807, 2.05) is 97.1 Å². The molecule has 0 unspecified atom stereocenters. The zero-order valence-electron chi connectivity index (χ0n) is 25.7. The summed E-state index contributed by atoms with van der Waals surface area (Å²) < 4.78 is 32.5. The van der Waals surface area contributed by atoms with Crippen molar-refractivity contribution in [3.63, 3.8) is 0 Å². The van der Waals surface area contributed by atoms with Crippen molar-refractivity contribution >= 4 is 17.7 Å². The van der Waals surface area contributed by atoms with Crippen LogP contribution in [0.15, 0.2) is 121 Å². The van der Waals surface area contributed by atoms with Gasteiger partial charge in [0.05, 0.1) is 31.5 Å². The number of hydrogen-bond donors (Lipinski definition) is 0. The molecular weight excluding hydrogens is 598 g/mol. The number of carbonyl (C=O) groups excluding carboxylic acids is 1. The van der Waals surface area contributed by atoms with Gasteiger partial charge in [0.1, 0.15) is 36.5 Å². The molecule has 0 saturated carbocycles. The number of ether oxygens (including phenoxy) is 5. The second kappa shape index (κ2) is 18.2. The lowest BCUT2D eigenvalue weighted by atomic mass is 9.98. The highest BCUT2D eigenvalue weighted by Crippen LogP contribution is 2.36. The summed E-state index contributed by atoms with van der Waals surface area (Å²) in [5, 5.41) is 9.13. The predicted octanol–water partition coefficient (Wildman–Crippen LogP) is 7.36. The van der Waals surface area contributed by atoms with Crippen LogP contribution in [0.2, 0.25) is 0 Å². The van der Waals surface area contributed by atoms with Crippen LogP contribution in [0.5, 0.6) is 0 Å². The molecule has 1 aliphatic rings. The smallest absolute Gasteiger partial charge is 0.338 e. The Kier molecular flexibility index (Phi) is 13.2. The molecule has 1 saturated heterocycles. The number of rotatable bonds is 16. The second-order valence-electron chi connectivity index (χ2n) is 10.9. The van der Waals surface area contributed by atoms with E-state index in [0.717, 1.165) is 16.7 Å². The fourth-order valence-electron chi connectivity index (χ4n) is 5.18. The first-order valence-corrected chi connectivity index (χ1v) is 16.6. The first kappa shape index (κ1) is 33.4. The van der Waals surface area contributed by atoms with Gasteiger partial charge in [0.15, 0.2) is 0 Å². The molecule has 0 amide bonds. The maximum Gasteiger partial charge on any atom is 0.338 e. The van der Waals surface area contributed by atoms with Gasteiger partial charge in [-0.1, -0.05) is 109 Å². The molecule has 0 bridgehead atoms. The summed E-state index contributed by atoms with van der Waals surface area (Å²) in [4.78, 5) is 13.0. The van der Waals surface area contributed by atoms with E-state index >= 15 is 0 Å². The predicted molar refractivity (Wildman–Crippen MR) is 178 cm³/mol. The summed E-state index contributed by atoms with van der Waals surface area (Å²) in [7, 11) is 0. The number of thioether (sulfide) groups is 1. The van der Waals surface area contributed by atoms with Crippen LogP contribution in [0.3, 0.4) is 0 Å². The molecule has 0 aliphatic carbocycles. The highest BCUT2D eigenvalue weighted by Gasteiger charge is 2.49. The van der Waals surface area contributed by atoms with Crippen LogP contribution in [0.1, 0.15) is 39.9 Å². The fourth-order valence-corrected chi connectivity index (χ4v) is 6.37. The van der Waals surface area contributed by atoms with Gasteiger partial charge in [-0.3, -0.25) is 0 Å². The number of hydrogen-bond acceptors (Lipinski definition) is 8. The number of esters is 1. The van der Waals surface area contributed by atoms with Crippen LogP contribution in [0.25, 0.3) is 0 Å². The van der Waals surface area contributed by atoms with E-state index in [1.165, 1.54) is 0 Å².